The Morgan fingerprint density at radius 3 is 2.43 bits per heavy atom. The minimum atomic E-state index is -2.76. The lowest BCUT2D eigenvalue weighted by molar-refractivity contribution is -0.00709. The average molecular weight is 213 g/mol. The first-order valence-electron chi connectivity index (χ1n) is 4.50. The Morgan fingerprint density at radius 1 is 1.29 bits per heavy atom. The number of aliphatic hydroxyl groups is 2. The number of nitrogens with one attached hydrogen (secondary N) is 1. The van der Waals surface area contributed by atoms with Gasteiger partial charge in [0, 0.05) is 19.7 Å². The van der Waals surface area contributed by atoms with Crippen molar-refractivity contribution in [2.24, 2.45) is 0 Å². The molecule has 0 aromatic heterocycles. The van der Waals surface area contributed by atoms with Gasteiger partial charge >= 0.3 is 0 Å². The highest BCUT2D eigenvalue weighted by Gasteiger charge is 2.16. The zero-order valence-electron chi connectivity index (χ0n) is 8.12. The quantitative estimate of drug-likeness (QED) is 0.513. The second kappa shape index (κ2) is 8.05. The summed E-state index contributed by atoms with van der Waals surface area (Å²) in [7, 11) is 0. The van der Waals surface area contributed by atoms with Crippen molar-refractivity contribution in [1.29, 1.82) is 0 Å². The molecule has 0 bridgehead atoms. The Labute approximate surface area is 81.9 Å². The fourth-order valence-corrected chi connectivity index (χ4v) is 0.800. The molecule has 2 atom stereocenters. The van der Waals surface area contributed by atoms with E-state index in [2.05, 4.69) is 5.32 Å². The van der Waals surface area contributed by atoms with Crippen LogP contribution in [0.2, 0.25) is 0 Å². The maximum Gasteiger partial charge on any atom is 0.265 e. The molecule has 0 aliphatic carbocycles. The van der Waals surface area contributed by atoms with Crippen LogP contribution < -0.4 is 5.32 Å². The van der Waals surface area contributed by atoms with Gasteiger partial charge in [-0.1, -0.05) is 0 Å². The number of aliphatic hydroxyl groups excluding tert-OH is 2. The Bertz CT molecular complexity index is 138. The van der Waals surface area contributed by atoms with Gasteiger partial charge in [0.05, 0.1) is 12.7 Å². The van der Waals surface area contributed by atoms with Crippen molar-refractivity contribution in [1.82, 2.24) is 5.32 Å². The van der Waals surface area contributed by atoms with Crippen LogP contribution in [0.15, 0.2) is 0 Å². The molecule has 0 saturated carbocycles. The summed E-state index contributed by atoms with van der Waals surface area (Å²) in [5, 5.41) is 20.4. The summed E-state index contributed by atoms with van der Waals surface area (Å²) in [5.74, 6) is 0. The molecule has 0 aliphatic rings. The van der Waals surface area contributed by atoms with Gasteiger partial charge < -0.3 is 20.3 Å². The molecular weight excluding hydrogens is 196 g/mol. The summed E-state index contributed by atoms with van der Waals surface area (Å²) in [4.78, 5) is 0. The third-order valence-electron chi connectivity index (χ3n) is 1.54. The van der Waals surface area contributed by atoms with E-state index in [0.29, 0.717) is 6.61 Å². The summed E-state index contributed by atoms with van der Waals surface area (Å²) in [6.45, 7) is 2.34. The van der Waals surface area contributed by atoms with Gasteiger partial charge in [-0.2, -0.15) is 0 Å². The summed E-state index contributed by atoms with van der Waals surface area (Å²) in [5.41, 5.74) is 0. The lowest BCUT2D eigenvalue weighted by Gasteiger charge is -2.14. The van der Waals surface area contributed by atoms with Crippen LogP contribution in [0, 0.1) is 0 Å². The van der Waals surface area contributed by atoms with Crippen molar-refractivity contribution >= 4 is 0 Å². The van der Waals surface area contributed by atoms with Crippen molar-refractivity contribution in [2.75, 3.05) is 26.3 Å². The van der Waals surface area contributed by atoms with Crippen molar-refractivity contribution in [2.45, 2.75) is 25.6 Å². The van der Waals surface area contributed by atoms with E-state index in [-0.39, 0.29) is 19.7 Å². The molecular formula is C8H17F2NO3. The van der Waals surface area contributed by atoms with Gasteiger partial charge in [0.25, 0.3) is 6.43 Å². The van der Waals surface area contributed by atoms with Gasteiger partial charge in [0.1, 0.15) is 6.10 Å². The fraction of sp³-hybridized carbons (Fsp3) is 1.00. The maximum atomic E-state index is 11.8. The topological polar surface area (TPSA) is 61.7 Å². The van der Waals surface area contributed by atoms with Crippen LogP contribution >= 0.6 is 0 Å². The second-order valence-corrected chi connectivity index (χ2v) is 2.87. The number of hydrogen-bond donors (Lipinski definition) is 3. The molecule has 0 aromatic rings. The summed E-state index contributed by atoms with van der Waals surface area (Å²) in [6, 6.07) is 0. The van der Waals surface area contributed by atoms with Gasteiger partial charge in [-0.05, 0) is 6.92 Å². The normalized spacial score (nSPS) is 15.9. The van der Waals surface area contributed by atoms with E-state index in [1.165, 1.54) is 0 Å². The standard InChI is InChI=1S/C8H17F2NO3/c1-2-14-5-6(12)3-11-4-7(13)8(9)10/h6-8,11-13H,2-5H2,1H3. The van der Waals surface area contributed by atoms with Gasteiger partial charge in [0.2, 0.25) is 0 Å². The molecule has 0 aromatic carbocycles. The molecule has 6 heteroatoms. The monoisotopic (exact) mass is 213 g/mol. The van der Waals surface area contributed by atoms with Crippen molar-refractivity contribution < 1.29 is 23.7 Å². The zero-order chi connectivity index (χ0) is 11.0. The Morgan fingerprint density at radius 2 is 1.93 bits per heavy atom. The van der Waals surface area contributed by atoms with Crippen molar-refractivity contribution in [3.05, 3.63) is 0 Å². The number of alkyl halides is 2. The van der Waals surface area contributed by atoms with Crippen LogP contribution in [0.25, 0.3) is 0 Å². The number of rotatable bonds is 8. The molecule has 0 fully saturated rings. The van der Waals surface area contributed by atoms with Crippen LogP contribution in [-0.4, -0.2) is 55.1 Å². The highest BCUT2D eigenvalue weighted by Crippen LogP contribution is 1.98. The van der Waals surface area contributed by atoms with E-state index in [9.17, 15) is 13.9 Å². The molecule has 4 nitrogen and oxygen atoms in total. The van der Waals surface area contributed by atoms with Gasteiger partial charge in [-0.15, -0.1) is 0 Å². The lowest BCUT2D eigenvalue weighted by atomic mass is 10.3. The van der Waals surface area contributed by atoms with Gasteiger partial charge in [-0.3, -0.25) is 0 Å². The van der Waals surface area contributed by atoms with E-state index < -0.39 is 18.6 Å². The molecule has 3 N–H and O–H groups in total. The summed E-state index contributed by atoms with van der Waals surface area (Å²) in [6.07, 6.45) is -5.18. The first-order valence-corrected chi connectivity index (χ1v) is 4.50. The van der Waals surface area contributed by atoms with Crippen molar-refractivity contribution in [3.8, 4) is 0 Å². The average Bonchev–Trinajstić information content (AvgIpc) is 2.14. The molecule has 86 valence electrons. The van der Waals surface area contributed by atoms with Crippen molar-refractivity contribution in [3.63, 3.8) is 0 Å². The molecule has 0 saturated heterocycles. The minimum Gasteiger partial charge on any atom is -0.389 e. The number of hydrogen-bond acceptors (Lipinski definition) is 4. The lowest BCUT2D eigenvalue weighted by Crippen LogP contribution is -2.37. The molecule has 0 rings (SSSR count). The van der Waals surface area contributed by atoms with Crippen LogP contribution in [-0.2, 0) is 4.74 Å². The van der Waals surface area contributed by atoms with Crippen LogP contribution in [0.3, 0.4) is 0 Å². The zero-order valence-corrected chi connectivity index (χ0v) is 8.12. The first-order chi connectivity index (χ1) is 6.57. The molecule has 2 unspecified atom stereocenters. The van der Waals surface area contributed by atoms with Crippen LogP contribution in [0.4, 0.5) is 8.78 Å². The van der Waals surface area contributed by atoms with E-state index >= 15 is 0 Å². The van der Waals surface area contributed by atoms with Gasteiger partial charge in [0.15, 0.2) is 0 Å². The minimum absolute atomic E-state index is 0.129. The molecule has 0 spiro atoms. The Hall–Kier alpha value is -0.300. The Kier molecular flexibility index (Phi) is 7.87. The maximum absolute atomic E-state index is 11.8. The molecule has 14 heavy (non-hydrogen) atoms. The second-order valence-electron chi connectivity index (χ2n) is 2.87. The molecule has 0 heterocycles. The molecule has 0 amide bonds. The third kappa shape index (κ3) is 7.14. The van der Waals surface area contributed by atoms with Crippen LogP contribution in [0.5, 0.6) is 0 Å². The van der Waals surface area contributed by atoms with Crippen LogP contribution in [0.1, 0.15) is 6.92 Å². The van der Waals surface area contributed by atoms with E-state index in [1.54, 1.807) is 6.92 Å². The predicted octanol–water partition coefficient (Wildman–Crippen LogP) is -0.401. The number of ether oxygens (including phenoxy) is 1. The highest BCUT2D eigenvalue weighted by atomic mass is 19.3. The Balaban J connectivity index is 3.34. The fourth-order valence-electron chi connectivity index (χ4n) is 0.800. The summed E-state index contributed by atoms with van der Waals surface area (Å²) >= 11 is 0. The van der Waals surface area contributed by atoms with E-state index in [1.807, 2.05) is 0 Å². The molecule has 0 radical (unpaired) electrons. The van der Waals surface area contributed by atoms with E-state index in [4.69, 9.17) is 9.84 Å². The molecule has 0 aliphatic heterocycles. The number of halogens is 2. The predicted molar refractivity (Wildman–Crippen MR) is 47.4 cm³/mol. The smallest absolute Gasteiger partial charge is 0.265 e. The van der Waals surface area contributed by atoms with E-state index in [0.717, 1.165) is 0 Å². The largest absolute Gasteiger partial charge is 0.389 e. The third-order valence-corrected chi connectivity index (χ3v) is 1.54. The summed E-state index contributed by atoms with van der Waals surface area (Å²) < 4.78 is 28.5. The first kappa shape index (κ1) is 13.7. The highest BCUT2D eigenvalue weighted by molar-refractivity contribution is 4.64. The SMILES string of the molecule is CCOCC(O)CNCC(O)C(F)F. The van der Waals surface area contributed by atoms with Gasteiger partial charge in [-0.25, -0.2) is 8.78 Å².